The van der Waals surface area contributed by atoms with E-state index < -0.39 is 0 Å². The predicted octanol–water partition coefficient (Wildman–Crippen LogP) is 4.52. The highest BCUT2D eigenvalue weighted by molar-refractivity contribution is 6.31. The van der Waals surface area contributed by atoms with Crippen LogP contribution in [0.15, 0.2) is 42.5 Å². The van der Waals surface area contributed by atoms with Crippen molar-refractivity contribution in [2.45, 2.75) is 26.3 Å². The fourth-order valence-corrected chi connectivity index (χ4v) is 2.57. The first-order chi connectivity index (χ1) is 9.17. The van der Waals surface area contributed by atoms with E-state index in [9.17, 15) is 0 Å². The molecule has 1 atom stereocenters. The molecule has 0 bridgehead atoms. The number of hydrogen-bond acceptors (Lipinski definition) is 1. The van der Waals surface area contributed by atoms with Crippen molar-refractivity contribution >= 4 is 11.6 Å². The fourth-order valence-electron chi connectivity index (χ4n) is 2.38. The molecule has 0 radical (unpaired) electrons. The number of rotatable bonds is 4. The molecule has 2 rings (SSSR count). The lowest BCUT2D eigenvalue weighted by molar-refractivity contribution is 0.687. The minimum absolute atomic E-state index is 0.185. The molecule has 2 heteroatoms. The Balaban J connectivity index is 2.40. The maximum Gasteiger partial charge on any atom is 0.0577 e. The van der Waals surface area contributed by atoms with E-state index in [0.29, 0.717) is 0 Å². The molecule has 0 aliphatic heterocycles. The van der Waals surface area contributed by atoms with Crippen molar-refractivity contribution in [3.05, 3.63) is 69.7 Å². The normalized spacial score (nSPS) is 12.4. The molecule has 100 valence electrons. The molecule has 1 unspecified atom stereocenters. The molecule has 2 aromatic carbocycles. The van der Waals surface area contributed by atoms with Crippen LogP contribution in [0.2, 0.25) is 5.02 Å². The van der Waals surface area contributed by atoms with Crippen LogP contribution in [0, 0.1) is 6.92 Å². The Kier molecular flexibility index (Phi) is 4.62. The van der Waals surface area contributed by atoms with Crippen molar-refractivity contribution in [3.63, 3.8) is 0 Å². The van der Waals surface area contributed by atoms with Crippen LogP contribution in [0.4, 0.5) is 0 Å². The highest BCUT2D eigenvalue weighted by Gasteiger charge is 2.15. The largest absolute Gasteiger partial charge is 0.309 e. The Labute approximate surface area is 120 Å². The third kappa shape index (κ3) is 2.99. The summed E-state index contributed by atoms with van der Waals surface area (Å²) in [5, 5.41) is 4.20. The van der Waals surface area contributed by atoms with Crippen LogP contribution in [0.1, 0.15) is 35.2 Å². The third-order valence-electron chi connectivity index (χ3n) is 3.63. The highest BCUT2D eigenvalue weighted by Crippen LogP contribution is 2.28. The molecule has 1 nitrogen and oxygen atoms in total. The van der Waals surface area contributed by atoms with E-state index in [1.54, 1.807) is 0 Å². The molecule has 19 heavy (non-hydrogen) atoms. The van der Waals surface area contributed by atoms with E-state index in [2.05, 4.69) is 49.5 Å². The molecular formula is C17H20ClN. The topological polar surface area (TPSA) is 12.0 Å². The molecule has 0 aliphatic carbocycles. The molecule has 0 saturated carbocycles. The summed E-state index contributed by atoms with van der Waals surface area (Å²) in [5.41, 5.74) is 5.01. The lowest BCUT2D eigenvalue weighted by atomic mass is 9.94. The van der Waals surface area contributed by atoms with E-state index in [4.69, 9.17) is 11.6 Å². The molecule has 1 N–H and O–H groups in total. The summed E-state index contributed by atoms with van der Waals surface area (Å²) in [6.45, 7) is 4.24. The number of nitrogens with one attached hydrogen (secondary N) is 1. The van der Waals surface area contributed by atoms with E-state index in [0.717, 1.165) is 17.0 Å². The van der Waals surface area contributed by atoms with Crippen LogP contribution in [0.5, 0.6) is 0 Å². The van der Waals surface area contributed by atoms with Crippen molar-refractivity contribution in [2.24, 2.45) is 0 Å². The van der Waals surface area contributed by atoms with Gasteiger partial charge in [0.1, 0.15) is 0 Å². The molecule has 0 heterocycles. The first-order valence-corrected chi connectivity index (χ1v) is 7.06. The van der Waals surface area contributed by atoms with Crippen LogP contribution < -0.4 is 5.32 Å². The second-order valence-electron chi connectivity index (χ2n) is 4.77. The van der Waals surface area contributed by atoms with Crippen molar-refractivity contribution in [2.75, 3.05) is 7.05 Å². The van der Waals surface area contributed by atoms with Crippen molar-refractivity contribution in [3.8, 4) is 0 Å². The summed E-state index contributed by atoms with van der Waals surface area (Å²) in [4.78, 5) is 0. The zero-order chi connectivity index (χ0) is 13.8. The van der Waals surface area contributed by atoms with E-state index in [1.807, 2.05) is 19.2 Å². The predicted molar refractivity (Wildman–Crippen MR) is 82.9 cm³/mol. The van der Waals surface area contributed by atoms with Gasteiger partial charge in [0.25, 0.3) is 0 Å². The minimum atomic E-state index is 0.185. The Morgan fingerprint density at radius 3 is 2.37 bits per heavy atom. The van der Waals surface area contributed by atoms with E-state index >= 15 is 0 Å². The van der Waals surface area contributed by atoms with Gasteiger partial charge in [0.05, 0.1) is 6.04 Å². The van der Waals surface area contributed by atoms with Gasteiger partial charge in [-0.15, -0.1) is 0 Å². The van der Waals surface area contributed by atoms with Crippen LogP contribution >= 0.6 is 11.6 Å². The van der Waals surface area contributed by atoms with Gasteiger partial charge in [0.2, 0.25) is 0 Å². The van der Waals surface area contributed by atoms with Gasteiger partial charge < -0.3 is 5.32 Å². The Morgan fingerprint density at radius 1 is 1.11 bits per heavy atom. The summed E-state index contributed by atoms with van der Waals surface area (Å²) in [6, 6.07) is 15.0. The quantitative estimate of drug-likeness (QED) is 0.864. The molecule has 0 amide bonds. The molecular weight excluding hydrogens is 254 g/mol. The van der Waals surface area contributed by atoms with Crippen LogP contribution in [0.3, 0.4) is 0 Å². The fraction of sp³-hybridized carbons (Fsp3) is 0.294. The smallest absolute Gasteiger partial charge is 0.0577 e. The van der Waals surface area contributed by atoms with Crippen molar-refractivity contribution in [1.29, 1.82) is 0 Å². The Hall–Kier alpha value is -1.31. The summed E-state index contributed by atoms with van der Waals surface area (Å²) in [6.07, 6.45) is 1.07. The Bertz CT molecular complexity index is 546. The summed E-state index contributed by atoms with van der Waals surface area (Å²) >= 11 is 6.22. The van der Waals surface area contributed by atoms with E-state index in [1.165, 1.54) is 16.7 Å². The standard InChI is InChI=1S/C17H20ClN/c1-4-13-8-10-14(11-9-13)17(19-3)15-6-5-7-16(18)12(15)2/h5-11,17,19H,4H2,1-3H3. The van der Waals surface area contributed by atoms with Gasteiger partial charge in [0.15, 0.2) is 0 Å². The molecule has 0 saturated heterocycles. The first kappa shape index (κ1) is 14.1. The number of hydrogen-bond donors (Lipinski definition) is 1. The Morgan fingerprint density at radius 2 is 1.79 bits per heavy atom. The number of aryl methyl sites for hydroxylation is 1. The van der Waals surface area contributed by atoms with Gasteiger partial charge in [-0.2, -0.15) is 0 Å². The number of benzene rings is 2. The van der Waals surface area contributed by atoms with Gasteiger partial charge in [-0.1, -0.05) is 54.9 Å². The van der Waals surface area contributed by atoms with Gasteiger partial charge in [-0.3, -0.25) is 0 Å². The third-order valence-corrected chi connectivity index (χ3v) is 4.04. The maximum absolute atomic E-state index is 6.22. The molecule has 0 spiro atoms. The van der Waals surface area contributed by atoms with Gasteiger partial charge in [0, 0.05) is 5.02 Å². The average Bonchev–Trinajstić information content (AvgIpc) is 2.45. The zero-order valence-corrected chi connectivity index (χ0v) is 12.5. The molecule has 0 aromatic heterocycles. The van der Waals surface area contributed by atoms with Gasteiger partial charge >= 0.3 is 0 Å². The lowest BCUT2D eigenvalue weighted by Crippen LogP contribution is -2.18. The molecule has 0 fully saturated rings. The van der Waals surface area contributed by atoms with Crippen molar-refractivity contribution in [1.82, 2.24) is 5.32 Å². The van der Waals surface area contributed by atoms with Crippen molar-refractivity contribution < 1.29 is 0 Å². The maximum atomic E-state index is 6.22. The highest BCUT2D eigenvalue weighted by atomic mass is 35.5. The zero-order valence-electron chi connectivity index (χ0n) is 11.7. The summed E-state index contributed by atoms with van der Waals surface area (Å²) in [5.74, 6) is 0. The van der Waals surface area contributed by atoms with Crippen LogP contribution in [-0.2, 0) is 6.42 Å². The monoisotopic (exact) mass is 273 g/mol. The molecule has 0 aliphatic rings. The molecule has 2 aromatic rings. The summed E-state index contributed by atoms with van der Waals surface area (Å²) < 4.78 is 0. The number of halogens is 1. The minimum Gasteiger partial charge on any atom is -0.309 e. The lowest BCUT2D eigenvalue weighted by Gasteiger charge is -2.20. The van der Waals surface area contributed by atoms with Gasteiger partial charge in [-0.05, 0) is 48.7 Å². The summed E-state index contributed by atoms with van der Waals surface area (Å²) in [7, 11) is 1.98. The van der Waals surface area contributed by atoms with Crippen LogP contribution in [0.25, 0.3) is 0 Å². The first-order valence-electron chi connectivity index (χ1n) is 6.68. The SMILES string of the molecule is CCc1ccc(C(NC)c2cccc(Cl)c2C)cc1. The van der Waals surface area contributed by atoms with E-state index in [-0.39, 0.29) is 6.04 Å². The average molecular weight is 274 g/mol. The second kappa shape index (κ2) is 6.23. The van der Waals surface area contributed by atoms with Crippen LogP contribution in [-0.4, -0.2) is 7.05 Å². The van der Waals surface area contributed by atoms with Gasteiger partial charge in [-0.25, -0.2) is 0 Å². The second-order valence-corrected chi connectivity index (χ2v) is 5.18.